The van der Waals surface area contributed by atoms with E-state index in [1.54, 1.807) is 11.3 Å². The summed E-state index contributed by atoms with van der Waals surface area (Å²) in [7, 11) is 0. The van der Waals surface area contributed by atoms with Crippen molar-refractivity contribution in [3.05, 3.63) is 28.7 Å². The summed E-state index contributed by atoms with van der Waals surface area (Å²) in [5, 5.41) is 6.58. The number of aromatic nitrogens is 1. The second-order valence-electron chi connectivity index (χ2n) is 2.87. The van der Waals surface area contributed by atoms with Gasteiger partial charge in [-0.3, -0.25) is 0 Å². The molecule has 1 atom stereocenters. The molecule has 0 saturated carbocycles. The average molecular weight is 231 g/mol. The standard InChI is InChI=1S/C10H15ClN2S/c1-2-9(10-13-7-8-14-10)12-6-4-3-5-11/h3-4,7-9,12H,2,5-6H2,1H3/b4-3+. The molecule has 4 heteroatoms. The first kappa shape index (κ1) is 11.7. The zero-order valence-electron chi connectivity index (χ0n) is 8.24. The summed E-state index contributed by atoms with van der Waals surface area (Å²) < 4.78 is 0. The second-order valence-corrected chi connectivity index (χ2v) is 4.10. The lowest BCUT2D eigenvalue weighted by atomic mass is 10.2. The van der Waals surface area contributed by atoms with Gasteiger partial charge in [0.05, 0.1) is 6.04 Å². The van der Waals surface area contributed by atoms with Crippen LogP contribution in [0.2, 0.25) is 0 Å². The predicted octanol–water partition coefficient (Wildman–Crippen LogP) is 2.98. The van der Waals surface area contributed by atoms with Crippen LogP contribution in [0.3, 0.4) is 0 Å². The van der Waals surface area contributed by atoms with Gasteiger partial charge in [-0.15, -0.1) is 22.9 Å². The van der Waals surface area contributed by atoms with E-state index in [-0.39, 0.29) is 0 Å². The Labute approximate surface area is 94.0 Å². The molecular weight excluding hydrogens is 216 g/mol. The van der Waals surface area contributed by atoms with E-state index in [0.29, 0.717) is 11.9 Å². The van der Waals surface area contributed by atoms with Crippen LogP contribution >= 0.6 is 22.9 Å². The van der Waals surface area contributed by atoms with E-state index >= 15 is 0 Å². The Hall–Kier alpha value is -0.380. The van der Waals surface area contributed by atoms with Crippen molar-refractivity contribution in [2.75, 3.05) is 12.4 Å². The fourth-order valence-electron chi connectivity index (χ4n) is 1.17. The lowest BCUT2D eigenvalue weighted by molar-refractivity contribution is 0.548. The fourth-order valence-corrected chi connectivity index (χ4v) is 2.09. The Morgan fingerprint density at radius 1 is 1.64 bits per heavy atom. The third kappa shape index (κ3) is 3.78. The van der Waals surface area contributed by atoms with Crippen molar-refractivity contribution in [3.63, 3.8) is 0 Å². The van der Waals surface area contributed by atoms with Crippen LogP contribution in [0.5, 0.6) is 0 Å². The van der Waals surface area contributed by atoms with Crippen LogP contribution in [-0.4, -0.2) is 17.4 Å². The predicted molar refractivity (Wildman–Crippen MR) is 63.0 cm³/mol. The Balaban J connectivity index is 2.36. The zero-order valence-corrected chi connectivity index (χ0v) is 9.81. The number of alkyl halides is 1. The number of hydrogen-bond acceptors (Lipinski definition) is 3. The van der Waals surface area contributed by atoms with Gasteiger partial charge in [-0.1, -0.05) is 19.1 Å². The fraction of sp³-hybridized carbons (Fsp3) is 0.500. The molecule has 1 aromatic rings. The smallest absolute Gasteiger partial charge is 0.109 e. The first-order valence-corrected chi connectivity index (χ1v) is 6.13. The van der Waals surface area contributed by atoms with E-state index in [1.807, 2.05) is 23.7 Å². The van der Waals surface area contributed by atoms with Gasteiger partial charge in [0.15, 0.2) is 0 Å². The molecule has 0 aliphatic heterocycles. The lowest BCUT2D eigenvalue weighted by Gasteiger charge is -2.12. The van der Waals surface area contributed by atoms with Gasteiger partial charge in [0, 0.05) is 24.0 Å². The molecule has 0 amide bonds. The van der Waals surface area contributed by atoms with Crippen molar-refractivity contribution in [2.24, 2.45) is 0 Å². The number of thiazole rings is 1. The molecule has 1 aromatic heterocycles. The third-order valence-electron chi connectivity index (χ3n) is 1.90. The molecule has 0 fully saturated rings. The van der Waals surface area contributed by atoms with Gasteiger partial charge in [-0.05, 0) is 6.42 Å². The normalized spacial score (nSPS) is 13.6. The highest BCUT2D eigenvalue weighted by Gasteiger charge is 2.09. The van der Waals surface area contributed by atoms with Crippen LogP contribution in [0.1, 0.15) is 24.4 Å². The Morgan fingerprint density at radius 2 is 2.50 bits per heavy atom. The Kier molecular flexibility index (Phi) is 5.83. The molecule has 78 valence electrons. The Morgan fingerprint density at radius 3 is 3.07 bits per heavy atom. The minimum atomic E-state index is 0.370. The first-order valence-electron chi connectivity index (χ1n) is 4.72. The SMILES string of the molecule is CCC(NC/C=C/CCl)c1nccs1. The third-order valence-corrected chi connectivity index (χ3v) is 2.96. The summed E-state index contributed by atoms with van der Waals surface area (Å²) in [6.45, 7) is 3.01. The molecular formula is C10H15ClN2S. The van der Waals surface area contributed by atoms with Crippen molar-refractivity contribution in [1.29, 1.82) is 0 Å². The van der Waals surface area contributed by atoms with E-state index in [4.69, 9.17) is 11.6 Å². The molecule has 0 aliphatic carbocycles. The van der Waals surface area contributed by atoms with Gasteiger partial charge in [-0.25, -0.2) is 4.98 Å². The summed E-state index contributed by atoms with van der Waals surface area (Å²) in [4.78, 5) is 4.29. The number of rotatable bonds is 6. The molecule has 1 heterocycles. The summed E-state index contributed by atoms with van der Waals surface area (Å²) in [5.41, 5.74) is 0. The highest BCUT2D eigenvalue weighted by Crippen LogP contribution is 2.18. The molecule has 14 heavy (non-hydrogen) atoms. The van der Waals surface area contributed by atoms with Crippen molar-refractivity contribution in [2.45, 2.75) is 19.4 Å². The van der Waals surface area contributed by atoms with Gasteiger partial charge >= 0.3 is 0 Å². The number of nitrogens with zero attached hydrogens (tertiary/aromatic N) is 1. The Bertz CT molecular complexity index is 259. The topological polar surface area (TPSA) is 24.9 Å². The van der Waals surface area contributed by atoms with Crippen LogP contribution in [-0.2, 0) is 0 Å². The van der Waals surface area contributed by atoms with E-state index < -0.39 is 0 Å². The van der Waals surface area contributed by atoms with Gasteiger partial charge in [-0.2, -0.15) is 0 Å². The highest BCUT2D eigenvalue weighted by atomic mass is 35.5. The zero-order chi connectivity index (χ0) is 10.2. The second kappa shape index (κ2) is 6.98. The molecule has 0 radical (unpaired) electrons. The summed E-state index contributed by atoms with van der Waals surface area (Å²) in [6, 6.07) is 0.370. The molecule has 0 spiro atoms. The molecule has 1 unspecified atom stereocenters. The molecule has 0 bridgehead atoms. The molecule has 0 aromatic carbocycles. The van der Waals surface area contributed by atoms with Gasteiger partial charge in [0.2, 0.25) is 0 Å². The number of hydrogen-bond donors (Lipinski definition) is 1. The van der Waals surface area contributed by atoms with Crippen LogP contribution < -0.4 is 5.32 Å². The molecule has 1 rings (SSSR count). The molecule has 1 N–H and O–H groups in total. The summed E-state index contributed by atoms with van der Waals surface area (Å²) >= 11 is 7.22. The molecule has 0 saturated heterocycles. The van der Waals surface area contributed by atoms with E-state index in [1.165, 1.54) is 0 Å². The van der Waals surface area contributed by atoms with E-state index in [2.05, 4.69) is 17.2 Å². The number of halogens is 1. The van der Waals surface area contributed by atoms with Crippen LogP contribution in [0.4, 0.5) is 0 Å². The van der Waals surface area contributed by atoms with Crippen molar-refractivity contribution >= 4 is 22.9 Å². The maximum atomic E-state index is 5.53. The highest BCUT2D eigenvalue weighted by molar-refractivity contribution is 7.09. The quantitative estimate of drug-likeness (QED) is 0.601. The van der Waals surface area contributed by atoms with Crippen molar-refractivity contribution < 1.29 is 0 Å². The maximum absolute atomic E-state index is 5.53. The summed E-state index contributed by atoms with van der Waals surface area (Å²) in [6.07, 6.45) is 6.90. The van der Waals surface area contributed by atoms with Gasteiger partial charge < -0.3 is 5.32 Å². The average Bonchev–Trinajstić information content (AvgIpc) is 2.71. The van der Waals surface area contributed by atoms with E-state index in [0.717, 1.165) is 18.0 Å². The molecule has 0 aliphatic rings. The first-order chi connectivity index (χ1) is 6.88. The van der Waals surface area contributed by atoms with Crippen molar-refractivity contribution in [3.8, 4) is 0 Å². The van der Waals surface area contributed by atoms with Gasteiger partial charge in [0.25, 0.3) is 0 Å². The monoisotopic (exact) mass is 230 g/mol. The van der Waals surface area contributed by atoms with Crippen molar-refractivity contribution in [1.82, 2.24) is 10.3 Å². The van der Waals surface area contributed by atoms with Crippen LogP contribution in [0.25, 0.3) is 0 Å². The number of allylic oxidation sites excluding steroid dienone is 1. The van der Waals surface area contributed by atoms with Crippen LogP contribution in [0.15, 0.2) is 23.7 Å². The van der Waals surface area contributed by atoms with E-state index in [9.17, 15) is 0 Å². The molecule has 2 nitrogen and oxygen atoms in total. The maximum Gasteiger partial charge on any atom is 0.109 e. The minimum Gasteiger partial charge on any atom is -0.304 e. The van der Waals surface area contributed by atoms with Gasteiger partial charge in [0.1, 0.15) is 5.01 Å². The minimum absolute atomic E-state index is 0.370. The lowest BCUT2D eigenvalue weighted by Crippen LogP contribution is -2.20. The summed E-state index contributed by atoms with van der Waals surface area (Å²) in [5.74, 6) is 0.579. The largest absolute Gasteiger partial charge is 0.304 e. The number of nitrogens with one attached hydrogen (secondary N) is 1. The van der Waals surface area contributed by atoms with Crippen LogP contribution in [0, 0.1) is 0 Å².